The molecule has 0 saturated heterocycles. The van der Waals surface area contributed by atoms with Crippen molar-refractivity contribution >= 4 is 154 Å². The maximum absolute atomic E-state index is 19.4. The lowest BCUT2D eigenvalue weighted by atomic mass is 9.95. The van der Waals surface area contributed by atoms with Crippen LogP contribution in [0.4, 0.5) is 17.6 Å². The molecule has 0 N–H and O–H groups in total. The zero-order valence-electron chi connectivity index (χ0n) is 95.3. The molecule has 4 atom stereocenters. The smallest absolute Gasteiger partial charge is 0.170 e. The van der Waals surface area contributed by atoms with E-state index in [0.717, 1.165) is 254 Å². The first-order chi connectivity index (χ1) is 73.6. The normalized spacial score (nSPS) is 13.0. The molecule has 8 heterocycles. The summed E-state index contributed by atoms with van der Waals surface area (Å²) in [5.74, 6) is -0.261. The molecule has 0 bridgehead atoms. The van der Waals surface area contributed by atoms with Crippen LogP contribution in [0.1, 0.15) is 532 Å². The Bertz CT molecular complexity index is 5620. The van der Waals surface area contributed by atoms with Crippen molar-refractivity contribution in [2.24, 2.45) is 17.8 Å². The van der Waals surface area contributed by atoms with Crippen LogP contribution in [0.3, 0.4) is 0 Å². The Morgan fingerprint density at radius 3 is 0.873 bits per heavy atom. The van der Waals surface area contributed by atoms with Gasteiger partial charge in [0.15, 0.2) is 23.3 Å². The summed E-state index contributed by atoms with van der Waals surface area (Å²) in [4.78, 5) is 6.83. The number of thiophene rings is 6. The highest BCUT2D eigenvalue weighted by Gasteiger charge is 2.35. The van der Waals surface area contributed by atoms with Crippen LogP contribution in [0.25, 0.3) is 114 Å². The van der Waals surface area contributed by atoms with E-state index in [4.69, 9.17) is 36.4 Å². The summed E-state index contributed by atoms with van der Waals surface area (Å²) in [6.07, 6.45) is 82.7. The fraction of sp³-hybridized carbons (Fsp3) is 0.692. The molecule has 0 aliphatic carbocycles. The van der Waals surface area contributed by atoms with Crippen LogP contribution in [0.15, 0.2) is 36.4 Å². The number of ether oxygens (including phenoxy) is 4. The van der Waals surface area contributed by atoms with Gasteiger partial charge in [0.1, 0.15) is 39.3 Å². The number of unbranched alkanes of at least 4 members (excludes halogenated alkanes) is 50. The van der Waals surface area contributed by atoms with E-state index in [2.05, 4.69) is 119 Å². The molecule has 12 aromatic rings. The fourth-order valence-electron chi connectivity index (χ4n) is 23.0. The highest BCUT2D eigenvalue weighted by atomic mass is 32.1. The Morgan fingerprint density at radius 2 is 0.513 bits per heavy atom. The highest BCUT2D eigenvalue weighted by Crippen LogP contribution is 2.58. The molecular weight excluding hydrogens is 2010 g/mol. The summed E-state index contributed by atoms with van der Waals surface area (Å²) in [6, 6.07) is 13.1. The number of nitrogens with zero attached hydrogens (tertiary/aromatic N) is 4. The first-order valence-corrected chi connectivity index (χ1v) is 68.0. The molecule has 0 aliphatic rings. The number of halogens is 4. The molecule has 0 amide bonds. The minimum atomic E-state index is -0.952. The van der Waals surface area contributed by atoms with Crippen LogP contribution >= 0.6 is 91.5 Å². The molecule has 0 radical (unpaired) electrons. The Kier molecular flexibility index (Phi) is 57.5. The molecule has 0 fully saturated rings. The number of benzene rings is 4. The second-order valence-electron chi connectivity index (χ2n) is 44.9. The zero-order valence-corrected chi connectivity index (χ0v) is 102. The minimum Gasteiger partial charge on any atom is -0.491 e. The maximum Gasteiger partial charge on any atom is 0.170 e. The summed E-state index contributed by atoms with van der Waals surface area (Å²) in [5, 5.41) is 3.76. The van der Waals surface area contributed by atoms with Gasteiger partial charge >= 0.3 is 0 Å². The predicted octanol–water partition coefficient (Wildman–Crippen LogP) is 47.9. The number of rotatable bonds is 87. The third-order valence-corrected chi connectivity index (χ3v) is 40.3. The second-order valence-corrected chi connectivity index (χ2v) is 52.7. The standard InChI is InChI=1S/C130H194F4N4O4S8/c1-13-23-33-43-49-51-53-55-60-69-79-98-84-106(144-94(98)12)111-115(131)116(132)112(120-119(111)135-149-136-120)107-85-99(80-70-61-56-54-52-50-44-34-24-14-2)126(145-107)110-86-101-105(92-139-100(81-71-42-32-22-10)82-72-62-48-38-28-18-6)127-103(124(128(101)148-110)141-90-96(74-64-40-30-20-8)77-67-58-46-36-26-16-4)87-108(146-127)113-117(133)118(134)114(122-121(113)137-150-138-122)109-88-104-125(142-91-97(75-65-41-31-21-9)78-68-59-47-37-27-17-5)129-102(83-93(11)143-129)123(130(104)147-109)140-89-95(73-63-39-29-19-7)76-66-57-45-35-25-15-3/h83-88,95-97,100H,13-82,89-92H2,1-12H3. The summed E-state index contributed by atoms with van der Waals surface area (Å²) in [7, 11) is 0. The number of hydrogen-bond acceptors (Lipinski definition) is 16. The van der Waals surface area contributed by atoms with Gasteiger partial charge in [-0.1, -0.05) is 442 Å². The number of aryl methyl sites for hydroxylation is 4. The summed E-state index contributed by atoms with van der Waals surface area (Å²) in [6.45, 7) is 29.2. The van der Waals surface area contributed by atoms with Crippen molar-refractivity contribution in [2.75, 3.05) is 19.8 Å². The van der Waals surface area contributed by atoms with E-state index in [1.165, 1.54) is 335 Å². The Morgan fingerprint density at radius 1 is 0.253 bits per heavy atom. The van der Waals surface area contributed by atoms with E-state index in [-0.39, 0.29) is 40.9 Å². The van der Waals surface area contributed by atoms with Gasteiger partial charge in [-0.25, -0.2) is 17.6 Å². The Balaban J connectivity index is 1.03. The van der Waals surface area contributed by atoms with Crippen molar-refractivity contribution < 1.29 is 36.5 Å². The second kappa shape index (κ2) is 69.9. The van der Waals surface area contributed by atoms with E-state index in [9.17, 15) is 0 Å². The third-order valence-electron chi connectivity index (χ3n) is 32.2. The number of fused-ring (bicyclic) bond motifs is 6. The Hall–Kier alpha value is -5.16. The molecule has 150 heavy (non-hydrogen) atoms. The summed E-state index contributed by atoms with van der Waals surface area (Å²) < 4.78 is 129. The van der Waals surface area contributed by atoms with Crippen molar-refractivity contribution in [3.63, 3.8) is 0 Å². The van der Waals surface area contributed by atoms with E-state index in [1.807, 2.05) is 0 Å². The van der Waals surface area contributed by atoms with Crippen LogP contribution in [0, 0.1) is 54.9 Å². The zero-order chi connectivity index (χ0) is 106. The van der Waals surface area contributed by atoms with Crippen molar-refractivity contribution in [1.82, 2.24) is 17.5 Å². The van der Waals surface area contributed by atoms with Crippen LogP contribution in [-0.2, 0) is 24.2 Å². The third kappa shape index (κ3) is 37.0. The maximum atomic E-state index is 19.4. The van der Waals surface area contributed by atoms with Crippen LogP contribution in [-0.4, -0.2) is 43.4 Å². The molecule has 0 saturated carbocycles. The van der Waals surface area contributed by atoms with Gasteiger partial charge in [-0.3, -0.25) is 0 Å². The first-order valence-electron chi connectivity index (χ1n) is 61.7. The fourth-order valence-corrected chi connectivity index (χ4v) is 31.3. The Labute approximate surface area is 937 Å². The predicted molar refractivity (Wildman–Crippen MR) is 656 cm³/mol. The van der Waals surface area contributed by atoms with Crippen LogP contribution < -0.4 is 14.2 Å². The lowest BCUT2D eigenvalue weighted by molar-refractivity contribution is 0.0273. The molecule has 12 rings (SSSR count). The average Bonchev–Trinajstić information content (AvgIpc) is 1.56. The van der Waals surface area contributed by atoms with Crippen molar-refractivity contribution in [2.45, 2.75) is 545 Å². The van der Waals surface area contributed by atoms with Gasteiger partial charge in [0.25, 0.3) is 0 Å². The largest absolute Gasteiger partial charge is 0.491 e. The molecule has 0 aliphatic heterocycles. The topological polar surface area (TPSA) is 88.5 Å². The lowest BCUT2D eigenvalue weighted by Crippen LogP contribution is -2.14. The van der Waals surface area contributed by atoms with E-state index in [1.54, 1.807) is 45.3 Å². The summed E-state index contributed by atoms with van der Waals surface area (Å²) >= 11 is 11.6. The molecule has 4 aromatic carbocycles. The molecule has 8 aromatic heterocycles. The van der Waals surface area contributed by atoms with Crippen molar-refractivity contribution in [3.8, 4) is 68.8 Å². The highest BCUT2D eigenvalue weighted by molar-refractivity contribution is 7.28. The monoisotopic (exact) mass is 2210 g/mol. The molecule has 0 spiro atoms. The van der Waals surface area contributed by atoms with Crippen molar-refractivity contribution in [3.05, 3.63) is 86.1 Å². The van der Waals surface area contributed by atoms with Gasteiger partial charge in [-0.05, 0) is 156 Å². The van der Waals surface area contributed by atoms with Gasteiger partial charge in [0, 0.05) is 70.8 Å². The quantitative estimate of drug-likeness (QED) is 0.0275. The van der Waals surface area contributed by atoms with Gasteiger partial charge in [0.05, 0.1) is 92.3 Å². The van der Waals surface area contributed by atoms with Gasteiger partial charge in [-0.15, -0.1) is 68.0 Å². The summed E-state index contributed by atoms with van der Waals surface area (Å²) in [5.41, 5.74) is 5.37. The molecule has 834 valence electrons. The van der Waals surface area contributed by atoms with Gasteiger partial charge in [0.2, 0.25) is 0 Å². The van der Waals surface area contributed by atoms with E-state index < -0.39 is 23.3 Å². The minimum absolute atomic E-state index is 0.00728. The van der Waals surface area contributed by atoms with E-state index >= 15 is 17.6 Å². The van der Waals surface area contributed by atoms with Crippen molar-refractivity contribution in [1.29, 1.82) is 0 Å². The first kappa shape index (κ1) is 123. The lowest BCUT2D eigenvalue weighted by Gasteiger charge is -2.21. The van der Waals surface area contributed by atoms with Crippen LogP contribution in [0.5, 0.6) is 17.2 Å². The number of aromatic nitrogens is 4. The van der Waals surface area contributed by atoms with E-state index in [0.29, 0.717) is 73.2 Å². The molecule has 20 heteroatoms. The van der Waals surface area contributed by atoms with Crippen LogP contribution in [0.2, 0.25) is 0 Å². The molecular formula is C130H194F4N4O4S8. The molecule has 8 nitrogen and oxygen atoms in total. The average molecular weight is 2210 g/mol. The van der Waals surface area contributed by atoms with Gasteiger partial charge < -0.3 is 18.9 Å². The SMILES string of the molecule is CCCCCCCCCCCCc1cc(-c2c(F)c(F)c(-c3cc(CCCCCCCCCCCC)c(-c4cc5c(COC(CCCCCC)CCCCCCCC)c6sc(-c7c(F)c(F)c(-c8cc9c(OCC(CCCCCC)CCCCCCCC)c%10sc(C)cc%10c(OCC(CCCCCC)CCCCCCCC)c9s8)c8nsnc78)cc6c(OCC(CCCCCC)CCCCCCCC)c5s4)s3)c3nsnc23)sc1C. The van der Waals surface area contributed by atoms with Gasteiger partial charge in [-0.2, -0.15) is 17.5 Å². The number of hydrogen-bond donors (Lipinski definition) is 0. The molecule has 4 unspecified atom stereocenters.